The minimum absolute atomic E-state index is 0.0846. The van der Waals surface area contributed by atoms with Crippen molar-refractivity contribution in [2.45, 2.75) is 56.7 Å². The molecule has 0 unspecified atom stereocenters. The van der Waals surface area contributed by atoms with Gasteiger partial charge in [-0.3, -0.25) is 9.69 Å². The Morgan fingerprint density at radius 2 is 2.07 bits per heavy atom. The Labute approximate surface area is 177 Å². The highest BCUT2D eigenvalue weighted by molar-refractivity contribution is 7.09. The number of methoxy groups -OCH3 is 1. The van der Waals surface area contributed by atoms with Crippen LogP contribution in [0.15, 0.2) is 5.38 Å². The molecule has 3 aliphatic rings. The molecule has 3 saturated heterocycles. The van der Waals surface area contributed by atoms with Gasteiger partial charge in [-0.25, -0.2) is 4.98 Å². The molecule has 3 fully saturated rings. The predicted octanol–water partition coefficient (Wildman–Crippen LogP) is 1.99. The highest BCUT2D eigenvalue weighted by Crippen LogP contribution is 2.35. The summed E-state index contributed by atoms with van der Waals surface area (Å²) in [4.78, 5) is 21.9. The van der Waals surface area contributed by atoms with Crippen molar-refractivity contribution in [1.82, 2.24) is 14.8 Å². The maximum atomic E-state index is 12.7. The molecule has 0 radical (unpaired) electrons. The van der Waals surface area contributed by atoms with Crippen LogP contribution in [0.2, 0.25) is 0 Å². The summed E-state index contributed by atoms with van der Waals surface area (Å²) in [6, 6.07) is 0.467. The average molecular weight is 424 g/mol. The second kappa shape index (κ2) is 9.39. The van der Waals surface area contributed by atoms with Crippen molar-refractivity contribution in [3.63, 3.8) is 0 Å². The van der Waals surface area contributed by atoms with Gasteiger partial charge in [-0.05, 0) is 45.1 Å². The maximum absolute atomic E-state index is 12.7. The summed E-state index contributed by atoms with van der Waals surface area (Å²) in [5.74, 6) is 0.314. The lowest BCUT2D eigenvalue weighted by Crippen LogP contribution is -2.48. The average Bonchev–Trinajstić information content (AvgIpc) is 3.40. The third-order valence-electron chi connectivity index (χ3n) is 6.70. The van der Waals surface area contributed by atoms with Gasteiger partial charge in [0.05, 0.1) is 18.8 Å². The summed E-state index contributed by atoms with van der Waals surface area (Å²) >= 11 is 1.63. The van der Waals surface area contributed by atoms with Crippen LogP contribution >= 0.6 is 11.3 Å². The number of carbonyl (C=O) groups excluding carboxylic acids is 1. The molecular weight excluding hydrogens is 390 g/mol. The number of aromatic nitrogens is 1. The number of rotatable bonds is 6. The van der Waals surface area contributed by atoms with Crippen molar-refractivity contribution < 1.29 is 19.4 Å². The molecule has 29 heavy (non-hydrogen) atoms. The van der Waals surface area contributed by atoms with E-state index in [1.54, 1.807) is 18.4 Å². The molecule has 1 N–H and O–H groups in total. The molecule has 0 saturated carbocycles. The van der Waals surface area contributed by atoms with Gasteiger partial charge in [0.15, 0.2) is 0 Å². The summed E-state index contributed by atoms with van der Waals surface area (Å²) in [7, 11) is 1.76. The zero-order valence-corrected chi connectivity index (χ0v) is 18.2. The van der Waals surface area contributed by atoms with Gasteiger partial charge < -0.3 is 19.5 Å². The zero-order chi connectivity index (χ0) is 20.3. The first-order valence-corrected chi connectivity index (χ1v) is 11.7. The second-order valence-corrected chi connectivity index (χ2v) is 9.53. The summed E-state index contributed by atoms with van der Waals surface area (Å²) in [6.45, 7) is 5.22. The number of thiazole rings is 1. The van der Waals surface area contributed by atoms with E-state index in [0.717, 1.165) is 43.2 Å². The fourth-order valence-corrected chi connectivity index (χ4v) is 5.72. The number of ether oxygens (including phenoxy) is 2. The molecule has 1 amide bonds. The molecule has 4 rings (SSSR count). The van der Waals surface area contributed by atoms with E-state index in [9.17, 15) is 9.90 Å². The van der Waals surface area contributed by atoms with Crippen LogP contribution in [0.5, 0.6) is 0 Å². The fraction of sp³-hybridized carbons (Fsp3) is 0.810. The van der Waals surface area contributed by atoms with Gasteiger partial charge in [-0.1, -0.05) is 0 Å². The quantitative estimate of drug-likeness (QED) is 0.754. The Morgan fingerprint density at radius 1 is 1.31 bits per heavy atom. The second-order valence-electron chi connectivity index (χ2n) is 8.59. The van der Waals surface area contributed by atoms with E-state index in [1.807, 2.05) is 10.3 Å². The van der Waals surface area contributed by atoms with Crippen molar-refractivity contribution in [2.75, 3.05) is 46.6 Å². The van der Waals surface area contributed by atoms with E-state index in [-0.39, 0.29) is 11.8 Å². The summed E-state index contributed by atoms with van der Waals surface area (Å²) < 4.78 is 10.7. The highest BCUT2D eigenvalue weighted by Gasteiger charge is 2.39. The molecule has 0 aliphatic carbocycles. The molecular formula is C21H33N3O4S. The van der Waals surface area contributed by atoms with Crippen molar-refractivity contribution in [2.24, 2.45) is 5.92 Å². The molecule has 0 spiro atoms. The molecule has 0 bridgehead atoms. The van der Waals surface area contributed by atoms with E-state index < -0.39 is 5.60 Å². The Kier molecular flexibility index (Phi) is 6.86. The number of likely N-dealkylation sites (tertiary alicyclic amines) is 2. The van der Waals surface area contributed by atoms with Gasteiger partial charge in [-0.15, -0.1) is 11.3 Å². The SMILES string of the molecule is COC[C@H]1CCCN1Cc1nc(C2(O)CCN(C(=O)C3CCOCC3)CC2)cs1. The van der Waals surface area contributed by atoms with Crippen molar-refractivity contribution >= 4 is 17.2 Å². The van der Waals surface area contributed by atoms with Gasteiger partial charge in [0.25, 0.3) is 0 Å². The van der Waals surface area contributed by atoms with Gasteiger partial charge in [-0.2, -0.15) is 0 Å². The topological polar surface area (TPSA) is 75.1 Å². The number of hydrogen-bond donors (Lipinski definition) is 1. The Bertz CT molecular complexity index is 683. The summed E-state index contributed by atoms with van der Waals surface area (Å²) in [6.07, 6.45) is 5.12. The van der Waals surface area contributed by atoms with E-state index >= 15 is 0 Å². The number of amides is 1. The third kappa shape index (κ3) is 4.82. The number of carbonyl (C=O) groups is 1. The van der Waals surface area contributed by atoms with Crippen molar-refractivity contribution in [3.8, 4) is 0 Å². The van der Waals surface area contributed by atoms with Crippen LogP contribution in [0.1, 0.15) is 49.2 Å². The van der Waals surface area contributed by atoms with E-state index in [4.69, 9.17) is 14.5 Å². The lowest BCUT2D eigenvalue weighted by atomic mass is 9.87. The number of nitrogens with zero attached hydrogens (tertiary/aromatic N) is 3. The first-order valence-electron chi connectivity index (χ1n) is 10.9. The standard InChI is InChI=1S/C21H33N3O4S/c1-27-14-17-3-2-8-24(17)13-19-22-18(15-29-19)21(26)6-9-23(10-7-21)20(25)16-4-11-28-12-5-16/h15-17,26H,2-14H2,1H3/t17-/m1/s1. The molecule has 8 heteroatoms. The monoisotopic (exact) mass is 423 g/mol. The number of hydrogen-bond acceptors (Lipinski definition) is 7. The molecule has 3 aliphatic heterocycles. The smallest absolute Gasteiger partial charge is 0.225 e. The molecule has 1 atom stereocenters. The lowest BCUT2D eigenvalue weighted by Gasteiger charge is -2.39. The van der Waals surface area contributed by atoms with Crippen LogP contribution < -0.4 is 0 Å². The molecule has 0 aromatic carbocycles. The van der Waals surface area contributed by atoms with Crippen LogP contribution in [0.4, 0.5) is 0 Å². The van der Waals surface area contributed by atoms with Gasteiger partial charge in [0.2, 0.25) is 5.91 Å². The first-order chi connectivity index (χ1) is 14.1. The van der Waals surface area contributed by atoms with Gasteiger partial charge >= 0.3 is 0 Å². The van der Waals surface area contributed by atoms with Crippen molar-refractivity contribution in [3.05, 3.63) is 16.1 Å². The minimum Gasteiger partial charge on any atom is -0.383 e. The van der Waals surface area contributed by atoms with Crippen LogP contribution in [0, 0.1) is 5.92 Å². The number of aliphatic hydroxyl groups is 1. The minimum atomic E-state index is -0.919. The summed E-state index contributed by atoms with van der Waals surface area (Å²) in [5.41, 5.74) is -0.142. The van der Waals surface area contributed by atoms with Crippen LogP contribution in [-0.2, 0) is 26.4 Å². The Hall–Kier alpha value is -1.06. The van der Waals surface area contributed by atoms with Gasteiger partial charge in [0, 0.05) is 50.8 Å². The number of piperidine rings is 1. The van der Waals surface area contributed by atoms with Crippen LogP contribution in [0.25, 0.3) is 0 Å². The molecule has 1 aromatic heterocycles. The Balaban J connectivity index is 1.33. The molecule has 4 heterocycles. The lowest BCUT2D eigenvalue weighted by molar-refractivity contribution is -0.143. The predicted molar refractivity (Wildman–Crippen MR) is 111 cm³/mol. The third-order valence-corrected chi connectivity index (χ3v) is 7.53. The van der Waals surface area contributed by atoms with Crippen molar-refractivity contribution in [1.29, 1.82) is 0 Å². The Morgan fingerprint density at radius 3 is 2.79 bits per heavy atom. The normalized spacial score (nSPS) is 26.1. The summed E-state index contributed by atoms with van der Waals surface area (Å²) in [5, 5.41) is 14.3. The largest absolute Gasteiger partial charge is 0.383 e. The molecule has 7 nitrogen and oxygen atoms in total. The highest BCUT2D eigenvalue weighted by atomic mass is 32.1. The molecule has 1 aromatic rings. The maximum Gasteiger partial charge on any atom is 0.225 e. The van der Waals surface area contributed by atoms with Crippen LogP contribution in [0.3, 0.4) is 0 Å². The zero-order valence-electron chi connectivity index (χ0n) is 17.3. The molecule has 162 valence electrons. The van der Waals surface area contributed by atoms with E-state index in [0.29, 0.717) is 45.2 Å². The van der Waals surface area contributed by atoms with E-state index in [1.165, 1.54) is 12.8 Å². The van der Waals surface area contributed by atoms with Crippen LogP contribution in [-0.4, -0.2) is 78.4 Å². The van der Waals surface area contributed by atoms with E-state index in [2.05, 4.69) is 4.90 Å². The van der Waals surface area contributed by atoms with Gasteiger partial charge in [0.1, 0.15) is 10.6 Å². The fourth-order valence-electron chi connectivity index (χ4n) is 4.81. The first kappa shape index (κ1) is 21.2.